The third-order valence-corrected chi connectivity index (χ3v) is 6.14. The van der Waals surface area contributed by atoms with Crippen LogP contribution in [0.5, 0.6) is 0 Å². The molecule has 4 amide bonds. The molecule has 3 heterocycles. The maximum Gasteiger partial charge on any atom is 0.322 e. The molecule has 7 nitrogen and oxygen atoms in total. The van der Waals surface area contributed by atoms with E-state index < -0.39 is 12.1 Å². The minimum absolute atomic E-state index is 0.0322. The fraction of sp³-hybridized carbons (Fsp3) is 0.444. The topological polar surface area (TPSA) is 91.4 Å². The Labute approximate surface area is 154 Å². The molecule has 2 aromatic rings. The molecule has 2 atom stereocenters. The molecule has 0 saturated carbocycles. The van der Waals surface area contributed by atoms with Crippen LogP contribution in [0.4, 0.5) is 4.79 Å². The van der Waals surface area contributed by atoms with Gasteiger partial charge in [0.25, 0.3) is 5.91 Å². The Morgan fingerprint density at radius 3 is 2.92 bits per heavy atom. The highest BCUT2D eigenvalue weighted by molar-refractivity contribution is 7.18. The molecule has 1 aromatic heterocycles. The summed E-state index contributed by atoms with van der Waals surface area (Å²) in [5, 5.41) is 5.81. The fourth-order valence-electron chi connectivity index (χ4n) is 3.56. The molecular weight excluding hydrogens is 352 g/mol. The summed E-state index contributed by atoms with van der Waals surface area (Å²) in [6.45, 7) is 1.41. The Balaban J connectivity index is 1.37. The van der Waals surface area contributed by atoms with Gasteiger partial charge in [-0.05, 0) is 31.4 Å². The molecule has 0 spiro atoms. The van der Waals surface area contributed by atoms with Gasteiger partial charge >= 0.3 is 6.03 Å². The number of imide groups is 1. The van der Waals surface area contributed by atoms with Crippen molar-refractivity contribution in [3.63, 3.8) is 0 Å². The third-order valence-electron chi connectivity index (χ3n) is 4.94. The molecule has 26 heavy (non-hydrogen) atoms. The summed E-state index contributed by atoms with van der Waals surface area (Å²) in [5.41, 5.74) is 1.01. The van der Waals surface area contributed by atoms with Gasteiger partial charge in [0, 0.05) is 25.4 Å². The molecule has 4 rings (SSSR count). The molecule has 0 aliphatic carbocycles. The standard InChI is InChI=1S/C18H20N4O3S/c23-15(8-7-13-16(24)21-18(25)20-13)22-9-3-4-11(10-22)17-19-12-5-1-2-6-14(12)26-17/h1-2,5-6,11,13H,3-4,7-10H2,(H2,20,21,24,25). The van der Waals surface area contributed by atoms with Gasteiger partial charge in [-0.3, -0.25) is 14.9 Å². The average Bonchev–Trinajstić information content (AvgIpc) is 3.22. The summed E-state index contributed by atoms with van der Waals surface area (Å²) < 4.78 is 1.17. The van der Waals surface area contributed by atoms with Crippen LogP contribution in [0.15, 0.2) is 24.3 Å². The summed E-state index contributed by atoms with van der Waals surface area (Å²) in [6, 6.07) is 7.00. The van der Waals surface area contributed by atoms with Crippen LogP contribution in [-0.2, 0) is 9.59 Å². The highest BCUT2D eigenvalue weighted by atomic mass is 32.1. The number of amides is 4. The molecule has 2 aliphatic rings. The van der Waals surface area contributed by atoms with Gasteiger partial charge in [-0.2, -0.15) is 0 Å². The van der Waals surface area contributed by atoms with Gasteiger partial charge in [0.2, 0.25) is 5.91 Å². The lowest BCUT2D eigenvalue weighted by Crippen LogP contribution is -2.40. The maximum atomic E-state index is 12.6. The number of likely N-dealkylation sites (tertiary alicyclic amines) is 1. The lowest BCUT2D eigenvalue weighted by atomic mass is 9.98. The number of fused-ring (bicyclic) bond motifs is 1. The van der Waals surface area contributed by atoms with Crippen molar-refractivity contribution in [1.82, 2.24) is 20.5 Å². The number of piperidine rings is 1. The lowest BCUT2D eigenvalue weighted by molar-refractivity contribution is -0.132. The van der Waals surface area contributed by atoms with Crippen molar-refractivity contribution in [3.8, 4) is 0 Å². The van der Waals surface area contributed by atoms with Crippen molar-refractivity contribution in [2.24, 2.45) is 0 Å². The van der Waals surface area contributed by atoms with E-state index in [2.05, 4.69) is 16.7 Å². The Kier molecular flexibility index (Phi) is 4.58. The number of nitrogens with zero attached hydrogens (tertiary/aromatic N) is 2. The second kappa shape index (κ2) is 7.03. The first-order valence-electron chi connectivity index (χ1n) is 8.85. The first-order valence-corrected chi connectivity index (χ1v) is 9.66. The first kappa shape index (κ1) is 17.0. The largest absolute Gasteiger partial charge is 0.342 e. The SMILES string of the molecule is O=C1NC(=O)C(CCC(=O)N2CCCC(c3nc4ccccc4s3)C2)N1. The quantitative estimate of drug-likeness (QED) is 0.803. The number of para-hydroxylation sites is 1. The third kappa shape index (κ3) is 3.41. The number of benzene rings is 1. The zero-order valence-electron chi connectivity index (χ0n) is 14.2. The monoisotopic (exact) mass is 372 g/mol. The highest BCUT2D eigenvalue weighted by Crippen LogP contribution is 2.33. The molecule has 1 aromatic carbocycles. The van der Waals surface area contributed by atoms with E-state index in [1.807, 2.05) is 23.1 Å². The number of nitrogens with one attached hydrogen (secondary N) is 2. The minimum Gasteiger partial charge on any atom is -0.342 e. The van der Waals surface area contributed by atoms with Gasteiger partial charge in [0.1, 0.15) is 6.04 Å². The number of hydrogen-bond acceptors (Lipinski definition) is 5. The fourth-order valence-corrected chi connectivity index (χ4v) is 4.65. The van der Waals surface area contributed by atoms with Gasteiger partial charge in [0.15, 0.2) is 0 Å². The number of carbonyl (C=O) groups excluding carboxylic acids is 3. The Bertz CT molecular complexity index is 832. The molecule has 2 unspecified atom stereocenters. The van der Waals surface area contributed by atoms with Gasteiger partial charge < -0.3 is 10.2 Å². The molecule has 0 radical (unpaired) electrons. The molecule has 0 bridgehead atoms. The van der Waals surface area contributed by atoms with Crippen LogP contribution in [0.1, 0.15) is 36.6 Å². The van der Waals surface area contributed by atoms with E-state index in [0.717, 1.165) is 29.9 Å². The van der Waals surface area contributed by atoms with E-state index in [4.69, 9.17) is 4.98 Å². The van der Waals surface area contributed by atoms with Gasteiger partial charge in [-0.1, -0.05) is 12.1 Å². The second-order valence-electron chi connectivity index (χ2n) is 6.75. The van der Waals surface area contributed by atoms with Gasteiger partial charge in [-0.25, -0.2) is 9.78 Å². The van der Waals surface area contributed by atoms with E-state index in [1.165, 1.54) is 4.70 Å². The molecular formula is C18H20N4O3S. The lowest BCUT2D eigenvalue weighted by Gasteiger charge is -2.32. The normalized spacial score (nSPS) is 23.2. The van der Waals surface area contributed by atoms with Crippen molar-refractivity contribution in [3.05, 3.63) is 29.3 Å². The summed E-state index contributed by atoms with van der Waals surface area (Å²) in [7, 11) is 0. The predicted molar refractivity (Wildman–Crippen MR) is 97.9 cm³/mol. The van der Waals surface area contributed by atoms with Crippen LogP contribution in [0.25, 0.3) is 10.2 Å². The van der Waals surface area contributed by atoms with E-state index >= 15 is 0 Å². The summed E-state index contributed by atoms with van der Waals surface area (Å²) in [5.74, 6) is -0.0573. The van der Waals surface area contributed by atoms with Crippen LogP contribution >= 0.6 is 11.3 Å². The van der Waals surface area contributed by atoms with Gasteiger partial charge in [-0.15, -0.1) is 11.3 Å². The summed E-state index contributed by atoms with van der Waals surface area (Å²) in [4.78, 5) is 41.9. The predicted octanol–water partition coefficient (Wildman–Crippen LogP) is 1.99. The molecule has 8 heteroatoms. The van der Waals surface area contributed by atoms with Crippen molar-refractivity contribution in [1.29, 1.82) is 0 Å². The van der Waals surface area contributed by atoms with Crippen LogP contribution < -0.4 is 10.6 Å². The van der Waals surface area contributed by atoms with Crippen LogP contribution in [0, 0.1) is 0 Å². The van der Waals surface area contributed by atoms with E-state index in [-0.39, 0.29) is 24.2 Å². The minimum atomic E-state index is -0.601. The average molecular weight is 372 g/mol. The van der Waals surface area contributed by atoms with E-state index in [9.17, 15) is 14.4 Å². The van der Waals surface area contributed by atoms with Crippen molar-refractivity contribution < 1.29 is 14.4 Å². The Hall–Kier alpha value is -2.48. The smallest absolute Gasteiger partial charge is 0.322 e. The number of aromatic nitrogens is 1. The van der Waals surface area contributed by atoms with E-state index in [0.29, 0.717) is 13.0 Å². The molecule has 2 N–H and O–H groups in total. The Morgan fingerprint density at radius 2 is 2.15 bits per heavy atom. The van der Waals surface area contributed by atoms with Crippen LogP contribution in [-0.4, -0.2) is 46.9 Å². The first-order chi connectivity index (χ1) is 12.6. The molecule has 2 saturated heterocycles. The Morgan fingerprint density at radius 1 is 1.31 bits per heavy atom. The molecule has 2 aliphatic heterocycles. The van der Waals surface area contributed by atoms with E-state index in [1.54, 1.807) is 11.3 Å². The number of urea groups is 1. The van der Waals surface area contributed by atoms with Crippen molar-refractivity contribution >= 4 is 39.4 Å². The molecule has 136 valence electrons. The zero-order chi connectivity index (χ0) is 18.1. The number of rotatable bonds is 4. The van der Waals surface area contributed by atoms with Gasteiger partial charge in [0.05, 0.1) is 15.2 Å². The maximum absolute atomic E-state index is 12.6. The highest BCUT2D eigenvalue weighted by Gasteiger charge is 2.31. The summed E-state index contributed by atoms with van der Waals surface area (Å²) in [6.07, 6.45) is 2.57. The second-order valence-corrected chi connectivity index (χ2v) is 7.81. The number of thiazole rings is 1. The van der Waals surface area contributed by atoms with Crippen LogP contribution in [0.3, 0.4) is 0 Å². The molecule has 2 fully saturated rings. The van der Waals surface area contributed by atoms with Crippen molar-refractivity contribution in [2.75, 3.05) is 13.1 Å². The zero-order valence-corrected chi connectivity index (χ0v) is 15.1. The number of carbonyl (C=O) groups is 3. The van der Waals surface area contributed by atoms with Crippen molar-refractivity contribution in [2.45, 2.75) is 37.6 Å². The van der Waals surface area contributed by atoms with Crippen LogP contribution in [0.2, 0.25) is 0 Å². The number of hydrogen-bond donors (Lipinski definition) is 2. The summed E-state index contributed by atoms with van der Waals surface area (Å²) >= 11 is 1.70.